The SMILES string of the molecule is Cc1cnc(C)c(NC2CCNC3(CCC3)C2)n1. The van der Waals surface area contributed by atoms with Gasteiger partial charge in [0.15, 0.2) is 0 Å². The van der Waals surface area contributed by atoms with Gasteiger partial charge in [-0.25, -0.2) is 4.98 Å². The molecule has 3 rings (SSSR count). The first-order chi connectivity index (χ1) is 8.67. The van der Waals surface area contributed by atoms with Crippen molar-refractivity contribution in [2.24, 2.45) is 0 Å². The van der Waals surface area contributed by atoms with Crippen LogP contribution in [0.2, 0.25) is 0 Å². The fourth-order valence-corrected chi connectivity index (χ4v) is 3.13. The van der Waals surface area contributed by atoms with E-state index >= 15 is 0 Å². The Balaban J connectivity index is 1.70. The maximum atomic E-state index is 4.56. The number of nitrogens with zero attached hydrogens (tertiary/aromatic N) is 2. The van der Waals surface area contributed by atoms with Gasteiger partial charge in [0, 0.05) is 17.8 Å². The molecule has 0 radical (unpaired) electrons. The number of hydrogen-bond acceptors (Lipinski definition) is 4. The summed E-state index contributed by atoms with van der Waals surface area (Å²) in [5.74, 6) is 0.969. The van der Waals surface area contributed by atoms with Crippen LogP contribution in [-0.2, 0) is 0 Å². The lowest BCUT2D eigenvalue weighted by molar-refractivity contribution is 0.135. The molecule has 98 valence electrons. The summed E-state index contributed by atoms with van der Waals surface area (Å²) in [6.45, 7) is 5.14. The molecule has 4 nitrogen and oxygen atoms in total. The van der Waals surface area contributed by atoms with Gasteiger partial charge in [0.05, 0.1) is 11.4 Å². The van der Waals surface area contributed by atoms with Crippen LogP contribution < -0.4 is 10.6 Å². The molecule has 18 heavy (non-hydrogen) atoms. The van der Waals surface area contributed by atoms with Crippen molar-refractivity contribution in [3.63, 3.8) is 0 Å². The van der Waals surface area contributed by atoms with E-state index in [2.05, 4.69) is 20.6 Å². The maximum absolute atomic E-state index is 4.56. The number of rotatable bonds is 2. The van der Waals surface area contributed by atoms with E-state index in [4.69, 9.17) is 0 Å². The molecule has 2 fully saturated rings. The van der Waals surface area contributed by atoms with Gasteiger partial charge in [0.2, 0.25) is 0 Å². The van der Waals surface area contributed by atoms with E-state index in [1.807, 2.05) is 20.0 Å². The van der Waals surface area contributed by atoms with Crippen molar-refractivity contribution in [1.29, 1.82) is 0 Å². The van der Waals surface area contributed by atoms with E-state index in [1.54, 1.807) is 0 Å². The van der Waals surface area contributed by atoms with Crippen LogP contribution in [0.25, 0.3) is 0 Å². The highest BCUT2D eigenvalue weighted by Gasteiger charge is 2.40. The van der Waals surface area contributed by atoms with Gasteiger partial charge < -0.3 is 10.6 Å². The molecule has 1 unspecified atom stereocenters. The third-order valence-electron chi connectivity index (χ3n) is 4.36. The molecule has 2 aliphatic rings. The zero-order chi connectivity index (χ0) is 12.6. The molecule has 1 atom stereocenters. The molecule has 1 spiro atoms. The van der Waals surface area contributed by atoms with E-state index in [1.165, 1.54) is 32.1 Å². The molecule has 1 aliphatic carbocycles. The first-order valence-corrected chi connectivity index (χ1v) is 6.99. The number of anilines is 1. The van der Waals surface area contributed by atoms with Crippen LogP contribution in [0.5, 0.6) is 0 Å². The number of nitrogens with one attached hydrogen (secondary N) is 2. The van der Waals surface area contributed by atoms with Crippen molar-refractivity contribution < 1.29 is 0 Å². The summed E-state index contributed by atoms with van der Waals surface area (Å²) in [6, 6.07) is 0.543. The van der Waals surface area contributed by atoms with E-state index in [-0.39, 0.29) is 0 Å². The van der Waals surface area contributed by atoms with Crippen molar-refractivity contribution in [1.82, 2.24) is 15.3 Å². The molecule has 1 aromatic heterocycles. The van der Waals surface area contributed by atoms with Crippen molar-refractivity contribution in [2.45, 2.75) is 57.5 Å². The Bertz CT molecular complexity index is 439. The van der Waals surface area contributed by atoms with E-state index in [9.17, 15) is 0 Å². The fourth-order valence-electron chi connectivity index (χ4n) is 3.13. The summed E-state index contributed by atoms with van der Waals surface area (Å²) >= 11 is 0. The minimum atomic E-state index is 0.432. The second kappa shape index (κ2) is 4.50. The molecule has 0 amide bonds. The Kier molecular flexibility index (Phi) is 2.98. The molecule has 1 saturated carbocycles. The molecular formula is C14H22N4. The number of hydrogen-bond donors (Lipinski definition) is 2. The predicted molar refractivity (Wildman–Crippen MR) is 72.7 cm³/mol. The summed E-state index contributed by atoms with van der Waals surface area (Å²) < 4.78 is 0. The number of aromatic nitrogens is 2. The Labute approximate surface area is 109 Å². The second-order valence-corrected chi connectivity index (χ2v) is 5.84. The Hall–Kier alpha value is -1.16. The summed E-state index contributed by atoms with van der Waals surface area (Å²) in [5.41, 5.74) is 2.42. The molecule has 2 heterocycles. The highest BCUT2D eigenvalue weighted by molar-refractivity contribution is 5.41. The Morgan fingerprint density at radius 2 is 2.22 bits per heavy atom. The van der Waals surface area contributed by atoms with Gasteiger partial charge in [0.1, 0.15) is 5.82 Å². The largest absolute Gasteiger partial charge is 0.366 e. The topological polar surface area (TPSA) is 49.8 Å². The first-order valence-electron chi connectivity index (χ1n) is 6.99. The first kappa shape index (κ1) is 11.9. The summed E-state index contributed by atoms with van der Waals surface area (Å²) in [4.78, 5) is 8.94. The van der Waals surface area contributed by atoms with Gasteiger partial charge in [-0.3, -0.25) is 4.98 Å². The van der Waals surface area contributed by atoms with E-state index in [0.29, 0.717) is 11.6 Å². The lowest BCUT2D eigenvalue weighted by Gasteiger charge is -2.48. The van der Waals surface area contributed by atoms with Crippen LogP contribution in [-0.4, -0.2) is 28.1 Å². The summed E-state index contributed by atoms with van der Waals surface area (Å²) in [5, 5.41) is 7.30. The fraction of sp³-hybridized carbons (Fsp3) is 0.714. The van der Waals surface area contributed by atoms with Crippen molar-refractivity contribution in [2.75, 3.05) is 11.9 Å². The van der Waals surface area contributed by atoms with Gasteiger partial charge in [0.25, 0.3) is 0 Å². The molecule has 0 bridgehead atoms. The Morgan fingerprint density at radius 1 is 1.39 bits per heavy atom. The van der Waals surface area contributed by atoms with Crippen LogP contribution in [0, 0.1) is 13.8 Å². The standard InChI is InChI=1S/C14H22N4/c1-10-9-15-11(2)13(17-10)18-12-4-7-16-14(8-12)5-3-6-14/h9,12,16H,3-8H2,1-2H3,(H,17,18). The maximum Gasteiger partial charge on any atom is 0.147 e. The van der Waals surface area contributed by atoms with Crippen LogP contribution in [0.1, 0.15) is 43.5 Å². The Morgan fingerprint density at radius 3 is 2.94 bits per heavy atom. The minimum absolute atomic E-state index is 0.432. The van der Waals surface area contributed by atoms with Gasteiger partial charge in [-0.1, -0.05) is 0 Å². The average Bonchev–Trinajstić information content (AvgIpc) is 2.32. The second-order valence-electron chi connectivity index (χ2n) is 5.84. The van der Waals surface area contributed by atoms with Crippen molar-refractivity contribution in [3.05, 3.63) is 17.6 Å². The molecule has 0 aromatic carbocycles. The molecule has 1 aliphatic heterocycles. The van der Waals surface area contributed by atoms with Gasteiger partial charge in [-0.05, 0) is 52.5 Å². The highest BCUT2D eigenvalue weighted by atomic mass is 15.1. The number of aryl methyl sites for hydroxylation is 2. The van der Waals surface area contributed by atoms with Crippen LogP contribution >= 0.6 is 0 Å². The van der Waals surface area contributed by atoms with E-state index in [0.717, 1.165) is 23.8 Å². The molecule has 4 heteroatoms. The molecular weight excluding hydrogens is 224 g/mol. The molecule has 1 aromatic rings. The zero-order valence-electron chi connectivity index (χ0n) is 11.3. The quantitative estimate of drug-likeness (QED) is 0.840. The monoisotopic (exact) mass is 246 g/mol. The summed E-state index contributed by atoms with van der Waals surface area (Å²) in [7, 11) is 0. The van der Waals surface area contributed by atoms with Gasteiger partial charge >= 0.3 is 0 Å². The average molecular weight is 246 g/mol. The lowest BCUT2D eigenvalue weighted by atomic mass is 9.70. The van der Waals surface area contributed by atoms with Gasteiger partial charge in [-0.2, -0.15) is 0 Å². The van der Waals surface area contributed by atoms with Gasteiger partial charge in [-0.15, -0.1) is 0 Å². The van der Waals surface area contributed by atoms with Crippen molar-refractivity contribution >= 4 is 5.82 Å². The molecule has 1 saturated heterocycles. The highest BCUT2D eigenvalue weighted by Crippen LogP contribution is 2.38. The number of piperidine rings is 1. The van der Waals surface area contributed by atoms with E-state index < -0.39 is 0 Å². The van der Waals surface area contributed by atoms with Crippen LogP contribution in [0.15, 0.2) is 6.20 Å². The molecule has 2 N–H and O–H groups in total. The summed E-state index contributed by atoms with van der Waals surface area (Å²) in [6.07, 6.45) is 8.28. The third-order valence-corrected chi connectivity index (χ3v) is 4.36. The van der Waals surface area contributed by atoms with Crippen LogP contribution in [0.3, 0.4) is 0 Å². The normalized spacial score (nSPS) is 25.8. The zero-order valence-corrected chi connectivity index (χ0v) is 11.3. The third kappa shape index (κ3) is 2.21. The lowest BCUT2D eigenvalue weighted by Crippen LogP contribution is -2.58. The van der Waals surface area contributed by atoms with Crippen LogP contribution in [0.4, 0.5) is 5.82 Å². The minimum Gasteiger partial charge on any atom is -0.366 e. The predicted octanol–water partition coefficient (Wildman–Crippen LogP) is 2.18. The van der Waals surface area contributed by atoms with Crippen molar-refractivity contribution in [3.8, 4) is 0 Å². The smallest absolute Gasteiger partial charge is 0.147 e.